The van der Waals surface area contributed by atoms with E-state index in [0.29, 0.717) is 28.1 Å². The molecule has 2 rings (SSSR count). The average Bonchev–Trinajstić information content (AvgIpc) is 2.61. The lowest BCUT2D eigenvalue weighted by molar-refractivity contribution is 0.768. The number of nitrogens with two attached hydrogens (primary N) is 1. The van der Waals surface area contributed by atoms with Gasteiger partial charge in [-0.2, -0.15) is 5.10 Å². The van der Waals surface area contributed by atoms with E-state index in [2.05, 4.69) is 10.4 Å². The number of nitrogens with zero attached hydrogens (tertiary/aromatic N) is 2. The molecule has 0 saturated carbocycles. The fourth-order valence-electron chi connectivity index (χ4n) is 1.68. The molecule has 2 aromatic rings. The second-order valence-electron chi connectivity index (χ2n) is 4.02. The quantitative estimate of drug-likeness (QED) is 0.908. The summed E-state index contributed by atoms with van der Waals surface area (Å²) in [6, 6.07) is 5.50. The highest BCUT2D eigenvalue weighted by atomic mass is 35.5. The fraction of sp³-hybridized carbons (Fsp3) is 0.250. The van der Waals surface area contributed by atoms with Crippen LogP contribution in [-0.4, -0.2) is 16.3 Å². The van der Waals surface area contributed by atoms with Crippen LogP contribution in [0.2, 0.25) is 10.0 Å². The van der Waals surface area contributed by atoms with Crippen LogP contribution in [0.3, 0.4) is 0 Å². The molecule has 0 radical (unpaired) electrons. The summed E-state index contributed by atoms with van der Waals surface area (Å²) in [7, 11) is 1.83. The van der Waals surface area contributed by atoms with Crippen molar-refractivity contribution in [2.24, 2.45) is 7.05 Å². The Hall–Kier alpha value is -1.39. The zero-order valence-electron chi connectivity index (χ0n) is 9.95. The Morgan fingerprint density at radius 2 is 2.17 bits per heavy atom. The highest BCUT2D eigenvalue weighted by Crippen LogP contribution is 2.21. The van der Waals surface area contributed by atoms with Crippen LogP contribution in [0.15, 0.2) is 24.4 Å². The third-order valence-electron chi connectivity index (χ3n) is 2.56. The SMILES string of the molecule is Cn1cc(N)c(NCCc2ccc(Cl)cc2Cl)n1. The zero-order chi connectivity index (χ0) is 13.1. The maximum Gasteiger partial charge on any atom is 0.171 e. The van der Waals surface area contributed by atoms with Gasteiger partial charge in [-0.3, -0.25) is 4.68 Å². The molecule has 4 nitrogen and oxygen atoms in total. The first-order valence-electron chi connectivity index (χ1n) is 5.53. The van der Waals surface area contributed by atoms with Gasteiger partial charge in [0, 0.05) is 29.8 Å². The van der Waals surface area contributed by atoms with Gasteiger partial charge in [0.25, 0.3) is 0 Å². The minimum Gasteiger partial charge on any atom is -0.394 e. The van der Waals surface area contributed by atoms with Crippen molar-refractivity contribution in [2.45, 2.75) is 6.42 Å². The van der Waals surface area contributed by atoms with Crippen LogP contribution in [0.4, 0.5) is 11.5 Å². The van der Waals surface area contributed by atoms with Gasteiger partial charge < -0.3 is 11.1 Å². The predicted molar refractivity (Wildman–Crippen MR) is 76.3 cm³/mol. The molecule has 1 aromatic carbocycles. The van der Waals surface area contributed by atoms with E-state index in [0.717, 1.165) is 12.0 Å². The van der Waals surface area contributed by atoms with Crippen LogP contribution in [0, 0.1) is 0 Å². The second kappa shape index (κ2) is 5.50. The fourth-order valence-corrected chi connectivity index (χ4v) is 2.19. The number of nitrogens with one attached hydrogen (secondary N) is 1. The number of nitrogen functional groups attached to an aromatic ring is 1. The van der Waals surface area contributed by atoms with Crippen LogP contribution < -0.4 is 11.1 Å². The number of rotatable bonds is 4. The molecule has 0 bridgehead atoms. The normalized spacial score (nSPS) is 10.6. The number of anilines is 2. The van der Waals surface area contributed by atoms with Crippen molar-refractivity contribution >= 4 is 34.7 Å². The molecule has 0 aliphatic heterocycles. The summed E-state index contributed by atoms with van der Waals surface area (Å²) < 4.78 is 1.67. The summed E-state index contributed by atoms with van der Waals surface area (Å²) in [6.07, 6.45) is 2.55. The van der Waals surface area contributed by atoms with Gasteiger partial charge in [0.05, 0.1) is 5.69 Å². The molecule has 0 unspecified atom stereocenters. The van der Waals surface area contributed by atoms with Crippen molar-refractivity contribution in [3.05, 3.63) is 40.0 Å². The molecule has 96 valence electrons. The summed E-state index contributed by atoms with van der Waals surface area (Å²) in [6.45, 7) is 0.711. The first-order valence-corrected chi connectivity index (χ1v) is 6.29. The summed E-state index contributed by atoms with van der Waals surface area (Å²) in [5.74, 6) is 0.697. The van der Waals surface area contributed by atoms with Gasteiger partial charge in [-0.1, -0.05) is 29.3 Å². The number of benzene rings is 1. The highest BCUT2D eigenvalue weighted by Gasteiger charge is 2.04. The lowest BCUT2D eigenvalue weighted by Gasteiger charge is -2.06. The summed E-state index contributed by atoms with van der Waals surface area (Å²) in [5, 5.41) is 8.70. The molecule has 0 aliphatic carbocycles. The van der Waals surface area contributed by atoms with Gasteiger partial charge in [0.2, 0.25) is 0 Å². The predicted octanol–water partition coefficient (Wildman–Crippen LogP) is 2.96. The summed E-state index contributed by atoms with van der Waals surface area (Å²) in [4.78, 5) is 0. The molecule has 0 amide bonds. The first kappa shape index (κ1) is 13.1. The molecular weight excluding hydrogens is 271 g/mol. The zero-order valence-corrected chi connectivity index (χ0v) is 11.5. The van der Waals surface area contributed by atoms with Crippen molar-refractivity contribution in [2.75, 3.05) is 17.6 Å². The van der Waals surface area contributed by atoms with Gasteiger partial charge in [-0.25, -0.2) is 0 Å². The van der Waals surface area contributed by atoms with E-state index < -0.39 is 0 Å². The van der Waals surface area contributed by atoms with Crippen LogP contribution in [0.5, 0.6) is 0 Å². The smallest absolute Gasteiger partial charge is 0.171 e. The molecule has 0 fully saturated rings. The van der Waals surface area contributed by atoms with Gasteiger partial charge in [0.1, 0.15) is 0 Å². The monoisotopic (exact) mass is 284 g/mol. The third kappa shape index (κ3) is 3.09. The third-order valence-corrected chi connectivity index (χ3v) is 3.15. The van der Waals surface area contributed by atoms with Gasteiger partial charge >= 0.3 is 0 Å². The molecule has 1 aromatic heterocycles. The molecule has 18 heavy (non-hydrogen) atoms. The van der Waals surface area contributed by atoms with Crippen LogP contribution in [0.1, 0.15) is 5.56 Å². The van der Waals surface area contributed by atoms with Crippen molar-refractivity contribution in [3.8, 4) is 0 Å². The van der Waals surface area contributed by atoms with Crippen LogP contribution in [0.25, 0.3) is 0 Å². The Kier molecular flexibility index (Phi) is 3.99. The number of hydrogen-bond donors (Lipinski definition) is 2. The van der Waals surface area contributed by atoms with Crippen LogP contribution >= 0.6 is 23.2 Å². The number of hydrogen-bond acceptors (Lipinski definition) is 3. The molecule has 3 N–H and O–H groups in total. The first-order chi connectivity index (χ1) is 8.56. The highest BCUT2D eigenvalue weighted by molar-refractivity contribution is 6.35. The van der Waals surface area contributed by atoms with E-state index in [1.165, 1.54) is 0 Å². The lowest BCUT2D eigenvalue weighted by Crippen LogP contribution is -2.07. The number of aryl methyl sites for hydroxylation is 1. The standard InChI is InChI=1S/C12H14Cl2N4/c1-18-7-11(15)12(17-18)16-5-4-8-2-3-9(13)6-10(8)14/h2-3,6-7H,4-5,15H2,1H3,(H,16,17). The van der Waals surface area contributed by atoms with Gasteiger partial charge in [-0.05, 0) is 24.1 Å². The molecule has 0 aliphatic rings. The maximum atomic E-state index is 6.09. The summed E-state index contributed by atoms with van der Waals surface area (Å²) in [5.41, 5.74) is 7.46. The molecule has 0 saturated heterocycles. The van der Waals surface area contributed by atoms with E-state index in [4.69, 9.17) is 28.9 Å². The molecule has 6 heteroatoms. The average molecular weight is 285 g/mol. The van der Waals surface area contributed by atoms with E-state index in [1.54, 1.807) is 16.9 Å². The lowest BCUT2D eigenvalue weighted by atomic mass is 10.1. The van der Waals surface area contributed by atoms with Gasteiger partial charge in [-0.15, -0.1) is 0 Å². The van der Waals surface area contributed by atoms with E-state index in [9.17, 15) is 0 Å². The molecule has 1 heterocycles. The van der Waals surface area contributed by atoms with Crippen molar-refractivity contribution in [1.82, 2.24) is 9.78 Å². The Morgan fingerprint density at radius 3 is 2.78 bits per heavy atom. The minimum absolute atomic E-state index is 0.639. The Labute approximate surface area is 116 Å². The van der Waals surface area contributed by atoms with Crippen molar-refractivity contribution in [1.29, 1.82) is 0 Å². The second-order valence-corrected chi connectivity index (χ2v) is 4.86. The Balaban J connectivity index is 1.94. The molecular formula is C12H14Cl2N4. The van der Waals surface area contributed by atoms with Crippen LogP contribution in [-0.2, 0) is 13.5 Å². The topological polar surface area (TPSA) is 55.9 Å². The van der Waals surface area contributed by atoms with E-state index in [1.807, 2.05) is 19.2 Å². The van der Waals surface area contributed by atoms with E-state index >= 15 is 0 Å². The van der Waals surface area contributed by atoms with Crippen molar-refractivity contribution < 1.29 is 0 Å². The van der Waals surface area contributed by atoms with Crippen molar-refractivity contribution in [3.63, 3.8) is 0 Å². The Bertz CT molecular complexity index is 551. The van der Waals surface area contributed by atoms with E-state index in [-0.39, 0.29) is 0 Å². The number of aromatic nitrogens is 2. The van der Waals surface area contributed by atoms with Gasteiger partial charge in [0.15, 0.2) is 5.82 Å². The molecule has 0 spiro atoms. The summed E-state index contributed by atoms with van der Waals surface area (Å²) >= 11 is 11.9. The maximum absolute atomic E-state index is 6.09. The minimum atomic E-state index is 0.639. The Morgan fingerprint density at radius 1 is 1.39 bits per heavy atom. The largest absolute Gasteiger partial charge is 0.394 e. The molecule has 0 atom stereocenters. The number of halogens is 2.